The van der Waals surface area contributed by atoms with Crippen molar-refractivity contribution in [3.63, 3.8) is 0 Å². The highest BCUT2D eigenvalue weighted by Crippen LogP contribution is 2.18. The highest BCUT2D eigenvalue weighted by molar-refractivity contribution is 5.78. The van der Waals surface area contributed by atoms with E-state index in [1.807, 2.05) is 29.2 Å². The minimum Gasteiger partial charge on any atom is -0.483 e. The first kappa shape index (κ1) is 17.8. The molecule has 1 unspecified atom stereocenters. The maximum atomic E-state index is 12.3. The Morgan fingerprint density at radius 2 is 1.91 bits per heavy atom. The number of carbonyl (C=O) groups excluding carboxylic acids is 1. The Morgan fingerprint density at radius 1 is 1.22 bits per heavy atom. The zero-order valence-corrected chi connectivity index (χ0v) is 14.2. The minimum atomic E-state index is 0.0348. The second-order valence-electron chi connectivity index (χ2n) is 5.91. The highest BCUT2D eigenvalue weighted by atomic mass is 16.5. The first-order valence-electron chi connectivity index (χ1n) is 8.53. The molecular weight excluding hydrogens is 292 g/mol. The summed E-state index contributed by atoms with van der Waals surface area (Å²) < 4.78 is 5.71. The number of piperazine rings is 1. The normalized spacial score (nSPS) is 17.1. The predicted molar refractivity (Wildman–Crippen MR) is 90.6 cm³/mol. The van der Waals surface area contributed by atoms with Gasteiger partial charge >= 0.3 is 0 Å². The molecule has 1 aliphatic heterocycles. The number of aliphatic hydroxyl groups is 1. The van der Waals surface area contributed by atoms with Gasteiger partial charge in [-0.25, -0.2) is 0 Å². The molecule has 5 nitrogen and oxygen atoms in total. The van der Waals surface area contributed by atoms with Crippen molar-refractivity contribution in [3.05, 3.63) is 29.8 Å². The average molecular weight is 320 g/mol. The summed E-state index contributed by atoms with van der Waals surface area (Å²) in [6.45, 7) is 7.47. The van der Waals surface area contributed by atoms with Gasteiger partial charge in [-0.15, -0.1) is 0 Å². The van der Waals surface area contributed by atoms with E-state index in [9.17, 15) is 9.90 Å². The van der Waals surface area contributed by atoms with Crippen molar-refractivity contribution < 1.29 is 14.6 Å². The molecule has 1 aromatic carbocycles. The summed E-state index contributed by atoms with van der Waals surface area (Å²) in [5.74, 6) is 0.834. The number of hydrogen-bond donors (Lipinski definition) is 1. The van der Waals surface area contributed by atoms with E-state index in [0.29, 0.717) is 13.1 Å². The third-order valence-electron chi connectivity index (χ3n) is 4.57. The number of carbonyl (C=O) groups is 1. The molecule has 1 atom stereocenters. The van der Waals surface area contributed by atoms with Gasteiger partial charge in [-0.1, -0.05) is 32.0 Å². The number of rotatable bonds is 7. The molecule has 5 heteroatoms. The Bertz CT molecular complexity index is 495. The fourth-order valence-electron chi connectivity index (χ4n) is 3.01. The molecule has 2 rings (SSSR count). The summed E-state index contributed by atoms with van der Waals surface area (Å²) in [6.07, 6.45) is 1.82. The van der Waals surface area contributed by atoms with Gasteiger partial charge < -0.3 is 14.7 Å². The van der Waals surface area contributed by atoms with Crippen LogP contribution in [0.15, 0.2) is 24.3 Å². The van der Waals surface area contributed by atoms with Crippen molar-refractivity contribution in [1.29, 1.82) is 0 Å². The van der Waals surface area contributed by atoms with Gasteiger partial charge in [0.25, 0.3) is 5.91 Å². The highest BCUT2D eigenvalue weighted by Gasteiger charge is 2.25. The standard InChI is InChI=1S/C18H28N2O3/c1-3-15-7-5-6-8-17(15)23-14-18(22)20-11-9-19(10-12-20)16(4-2)13-21/h5-8,16,21H,3-4,9-14H2,1-2H3. The number of para-hydroxylation sites is 1. The van der Waals surface area contributed by atoms with Crippen LogP contribution in [0, 0.1) is 0 Å². The summed E-state index contributed by atoms with van der Waals surface area (Å²) in [6, 6.07) is 8.06. The molecule has 23 heavy (non-hydrogen) atoms. The van der Waals surface area contributed by atoms with E-state index >= 15 is 0 Å². The van der Waals surface area contributed by atoms with Crippen molar-refractivity contribution >= 4 is 5.91 Å². The largest absolute Gasteiger partial charge is 0.483 e. The van der Waals surface area contributed by atoms with Crippen molar-refractivity contribution in [2.24, 2.45) is 0 Å². The van der Waals surface area contributed by atoms with Gasteiger partial charge in [-0.3, -0.25) is 9.69 Å². The Balaban J connectivity index is 1.81. The molecule has 0 bridgehead atoms. The maximum Gasteiger partial charge on any atom is 0.260 e. The average Bonchev–Trinajstić information content (AvgIpc) is 2.61. The molecule has 0 radical (unpaired) electrons. The number of ether oxygens (including phenoxy) is 1. The quantitative estimate of drug-likeness (QED) is 0.828. The number of nitrogens with zero attached hydrogens (tertiary/aromatic N) is 2. The molecule has 1 aliphatic rings. The van der Waals surface area contributed by atoms with Crippen LogP contribution in [-0.2, 0) is 11.2 Å². The monoisotopic (exact) mass is 320 g/mol. The zero-order chi connectivity index (χ0) is 16.7. The topological polar surface area (TPSA) is 53.0 Å². The van der Waals surface area contributed by atoms with Crippen molar-refractivity contribution in [1.82, 2.24) is 9.80 Å². The lowest BCUT2D eigenvalue weighted by Gasteiger charge is -2.38. The van der Waals surface area contributed by atoms with E-state index in [-0.39, 0.29) is 25.2 Å². The Hall–Kier alpha value is -1.59. The zero-order valence-electron chi connectivity index (χ0n) is 14.2. The minimum absolute atomic E-state index is 0.0348. The van der Waals surface area contributed by atoms with E-state index in [1.54, 1.807) is 0 Å². The summed E-state index contributed by atoms with van der Waals surface area (Å²) >= 11 is 0. The number of benzene rings is 1. The molecule has 1 fully saturated rings. The number of aliphatic hydroxyl groups excluding tert-OH is 1. The van der Waals surface area contributed by atoms with Crippen LogP contribution in [0.3, 0.4) is 0 Å². The molecule has 0 saturated carbocycles. The Morgan fingerprint density at radius 3 is 2.52 bits per heavy atom. The maximum absolute atomic E-state index is 12.3. The first-order chi connectivity index (χ1) is 11.2. The van der Waals surface area contributed by atoms with Gasteiger partial charge in [0.15, 0.2) is 6.61 Å². The predicted octanol–water partition coefficient (Wildman–Crippen LogP) is 1.54. The van der Waals surface area contributed by atoms with Crippen molar-refractivity contribution in [2.75, 3.05) is 39.4 Å². The summed E-state index contributed by atoms with van der Waals surface area (Å²) in [5, 5.41) is 9.37. The van der Waals surface area contributed by atoms with Gasteiger partial charge in [0.2, 0.25) is 0 Å². The molecule has 1 N–H and O–H groups in total. The van der Waals surface area contributed by atoms with E-state index in [2.05, 4.69) is 18.7 Å². The molecule has 128 valence electrons. The summed E-state index contributed by atoms with van der Waals surface area (Å²) in [4.78, 5) is 16.4. The van der Waals surface area contributed by atoms with Crippen LogP contribution in [0.2, 0.25) is 0 Å². The lowest BCUT2D eigenvalue weighted by molar-refractivity contribution is -0.135. The smallest absolute Gasteiger partial charge is 0.260 e. The summed E-state index contributed by atoms with van der Waals surface area (Å²) in [7, 11) is 0. The van der Waals surface area contributed by atoms with Crippen LogP contribution in [0.5, 0.6) is 5.75 Å². The van der Waals surface area contributed by atoms with Gasteiger partial charge in [0.1, 0.15) is 5.75 Å². The second kappa shape index (κ2) is 8.89. The molecule has 1 saturated heterocycles. The third kappa shape index (κ3) is 4.69. The van der Waals surface area contributed by atoms with Crippen molar-refractivity contribution in [3.8, 4) is 5.75 Å². The van der Waals surface area contributed by atoms with Crippen LogP contribution in [0.4, 0.5) is 0 Å². The van der Waals surface area contributed by atoms with Crippen molar-refractivity contribution in [2.45, 2.75) is 32.7 Å². The van der Waals surface area contributed by atoms with Gasteiger partial charge in [-0.05, 0) is 24.5 Å². The second-order valence-corrected chi connectivity index (χ2v) is 5.91. The fraction of sp³-hybridized carbons (Fsp3) is 0.611. The molecule has 1 heterocycles. The molecule has 1 aromatic rings. The molecule has 0 spiro atoms. The fourth-order valence-corrected chi connectivity index (χ4v) is 3.01. The van der Waals surface area contributed by atoms with Gasteiger partial charge in [0.05, 0.1) is 6.61 Å². The van der Waals surface area contributed by atoms with Crippen LogP contribution >= 0.6 is 0 Å². The SMILES string of the molecule is CCc1ccccc1OCC(=O)N1CCN(C(CC)CO)CC1. The number of aryl methyl sites for hydroxylation is 1. The molecule has 1 amide bonds. The van der Waals surface area contributed by atoms with Crippen LogP contribution in [-0.4, -0.2) is 66.2 Å². The van der Waals surface area contributed by atoms with Crippen LogP contribution in [0.1, 0.15) is 25.8 Å². The lowest BCUT2D eigenvalue weighted by Crippen LogP contribution is -2.53. The molecular formula is C18H28N2O3. The Labute approximate surface area is 138 Å². The number of amides is 1. The van der Waals surface area contributed by atoms with Gasteiger partial charge in [-0.2, -0.15) is 0 Å². The van der Waals surface area contributed by atoms with Crippen LogP contribution in [0.25, 0.3) is 0 Å². The first-order valence-corrected chi connectivity index (χ1v) is 8.53. The van der Waals surface area contributed by atoms with Gasteiger partial charge in [0, 0.05) is 32.2 Å². The Kier molecular flexibility index (Phi) is 6.86. The van der Waals surface area contributed by atoms with E-state index in [0.717, 1.165) is 37.2 Å². The molecule has 0 aromatic heterocycles. The summed E-state index contributed by atoms with van der Waals surface area (Å²) in [5.41, 5.74) is 1.12. The van der Waals surface area contributed by atoms with E-state index < -0.39 is 0 Å². The lowest BCUT2D eigenvalue weighted by atomic mass is 10.1. The van der Waals surface area contributed by atoms with E-state index in [1.165, 1.54) is 0 Å². The van der Waals surface area contributed by atoms with Crippen LogP contribution < -0.4 is 4.74 Å². The third-order valence-corrected chi connectivity index (χ3v) is 4.57. The molecule has 0 aliphatic carbocycles. The number of hydrogen-bond acceptors (Lipinski definition) is 4. The van der Waals surface area contributed by atoms with E-state index in [4.69, 9.17) is 4.74 Å².